The molecule has 0 radical (unpaired) electrons. The second kappa shape index (κ2) is 5.70. The maximum atomic E-state index is 10.1. The van der Waals surface area contributed by atoms with Gasteiger partial charge in [0.15, 0.2) is 0 Å². The molecule has 0 atom stereocenters. The normalized spacial score (nSPS) is 11.2. The molecule has 4 nitrogen and oxygen atoms in total. The highest BCUT2D eigenvalue weighted by Gasteiger charge is 2.21. The monoisotopic (exact) mass is 223 g/mol. The minimum absolute atomic E-state index is 0.528. The largest absolute Gasteiger partial charge is 0.388 e. The van der Waals surface area contributed by atoms with Crippen LogP contribution in [0.15, 0.2) is 18.2 Å². The summed E-state index contributed by atoms with van der Waals surface area (Å²) in [4.78, 5) is 4.33. The molecule has 3 N–H and O–H groups in total. The summed E-state index contributed by atoms with van der Waals surface area (Å²) in [5.41, 5.74) is -0.642. The van der Waals surface area contributed by atoms with Gasteiger partial charge in [-0.3, -0.25) is 0 Å². The van der Waals surface area contributed by atoms with E-state index in [0.29, 0.717) is 6.54 Å². The number of pyridine rings is 1. The Bertz CT molecular complexity index is 324. The van der Waals surface area contributed by atoms with Crippen molar-refractivity contribution in [3.8, 4) is 0 Å². The molecule has 1 rings (SSSR count). The number of aliphatic hydroxyl groups is 1. The first-order chi connectivity index (χ1) is 7.63. The number of hydrogen-bond acceptors (Lipinski definition) is 4. The van der Waals surface area contributed by atoms with Gasteiger partial charge in [-0.1, -0.05) is 19.9 Å². The maximum Gasteiger partial charge on any atom is 0.128 e. The second-order valence-electron chi connectivity index (χ2n) is 3.94. The molecule has 0 fully saturated rings. The Labute approximate surface area is 97.1 Å². The highest BCUT2D eigenvalue weighted by molar-refractivity contribution is 5.44. The number of hydrogen-bond donors (Lipinski definition) is 3. The van der Waals surface area contributed by atoms with E-state index in [-0.39, 0.29) is 0 Å². The zero-order valence-corrected chi connectivity index (χ0v) is 10.2. The van der Waals surface area contributed by atoms with Crippen molar-refractivity contribution in [2.45, 2.75) is 32.3 Å². The van der Waals surface area contributed by atoms with Crippen LogP contribution in [0.4, 0.5) is 11.6 Å². The summed E-state index contributed by atoms with van der Waals surface area (Å²) in [5, 5.41) is 16.3. The lowest BCUT2D eigenvalue weighted by Crippen LogP contribution is -2.35. The third-order valence-electron chi connectivity index (χ3n) is 2.92. The van der Waals surface area contributed by atoms with Gasteiger partial charge in [0.25, 0.3) is 0 Å². The fourth-order valence-corrected chi connectivity index (χ4v) is 1.43. The van der Waals surface area contributed by atoms with E-state index < -0.39 is 5.60 Å². The predicted molar refractivity (Wildman–Crippen MR) is 67.8 cm³/mol. The summed E-state index contributed by atoms with van der Waals surface area (Å²) in [6.07, 6.45) is 1.48. The van der Waals surface area contributed by atoms with E-state index in [2.05, 4.69) is 15.6 Å². The molecule has 0 aliphatic carbocycles. The molecule has 1 aromatic heterocycles. The van der Waals surface area contributed by atoms with Crippen molar-refractivity contribution in [2.75, 3.05) is 24.2 Å². The Hall–Kier alpha value is -1.29. The minimum Gasteiger partial charge on any atom is -0.388 e. The fourth-order valence-electron chi connectivity index (χ4n) is 1.43. The molecule has 4 heteroatoms. The first-order valence-corrected chi connectivity index (χ1v) is 5.74. The number of rotatable bonds is 6. The van der Waals surface area contributed by atoms with E-state index in [1.165, 1.54) is 0 Å². The number of nitrogens with one attached hydrogen (secondary N) is 2. The average Bonchev–Trinajstić information content (AvgIpc) is 2.36. The topological polar surface area (TPSA) is 57.2 Å². The standard InChI is InChI=1S/C12H21N3O/c1-4-12(16,5-2)9-14-11-8-6-7-10(13-3)15-11/h6-8,16H,4-5,9H2,1-3H3,(H2,13,14,15). The van der Waals surface area contributed by atoms with Crippen molar-refractivity contribution < 1.29 is 5.11 Å². The molecular formula is C12H21N3O. The van der Waals surface area contributed by atoms with Crippen LogP contribution in [0, 0.1) is 0 Å². The van der Waals surface area contributed by atoms with Gasteiger partial charge >= 0.3 is 0 Å². The van der Waals surface area contributed by atoms with E-state index in [1.54, 1.807) is 0 Å². The molecule has 1 aromatic rings. The van der Waals surface area contributed by atoms with Crippen LogP contribution in [-0.4, -0.2) is 29.3 Å². The van der Waals surface area contributed by atoms with Gasteiger partial charge in [-0.25, -0.2) is 4.98 Å². The Morgan fingerprint density at radius 2 is 1.88 bits per heavy atom. The molecule has 0 unspecified atom stereocenters. The van der Waals surface area contributed by atoms with Crippen LogP contribution in [0.1, 0.15) is 26.7 Å². The highest BCUT2D eigenvalue weighted by Crippen LogP contribution is 2.16. The van der Waals surface area contributed by atoms with Gasteiger partial charge in [0, 0.05) is 13.6 Å². The molecule has 0 aromatic carbocycles. The van der Waals surface area contributed by atoms with Crippen LogP contribution in [0.25, 0.3) is 0 Å². The molecule has 0 saturated heterocycles. The molecule has 0 bridgehead atoms. The molecule has 0 aliphatic rings. The number of anilines is 2. The Balaban J connectivity index is 2.60. The van der Waals surface area contributed by atoms with E-state index >= 15 is 0 Å². The molecule has 0 spiro atoms. The summed E-state index contributed by atoms with van der Waals surface area (Å²) in [5.74, 6) is 1.61. The van der Waals surface area contributed by atoms with Crippen molar-refractivity contribution in [3.63, 3.8) is 0 Å². The lowest BCUT2D eigenvalue weighted by atomic mass is 9.98. The van der Waals surface area contributed by atoms with Crippen molar-refractivity contribution in [3.05, 3.63) is 18.2 Å². The van der Waals surface area contributed by atoms with Crippen molar-refractivity contribution >= 4 is 11.6 Å². The molecular weight excluding hydrogens is 202 g/mol. The summed E-state index contributed by atoms with van der Waals surface area (Å²) >= 11 is 0. The van der Waals surface area contributed by atoms with Gasteiger partial charge in [-0.2, -0.15) is 0 Å². The summed E-state index contributed by atoms with van der Waals surface area (Å²) in [7, 11) is 1.83. The van der Waals surface area contributed by atoms with Crippen LogP contribution in [0.3, 0.4) is 0 Å². The fraction of sp³-hybridized carbons (Fsp3) is 0.583. The molecule has 0 amide bonds. The van der Waals surface area contributed by atoms with Crippen LogP contribution in [0.2, 0.25) is 0 Å². The smallest absolute Gasteiger partial charge is 0.128 e. The van der Waals surface area contributed by atoms with Gasteiger partial charge in [0.05, 0.1) is 5.60 Å². The third-order valence-corrected chi connectivity index (χ3v) is 2.92. The van der Waals surface area contributed by atoms with Gasteiger partial charge in [0.1, 0.15) is 11.6 Å². The van der Waals surface area contributed by atoms with Crippen LogP contribution in [-0.2, 0) is 0 Å². The van der Waals surface area contributed by atoms with E-state index in [0.717, 1.165) is 24.5 Å². The predicted octanol–water partition coefficient (Wildman–Crippen LogP) is 2.09. The van der Waals surface area contributed by atoms with Crippen molar-refractivity contribution in [1.29, 1.82) is 0 Å². The summed E-state index contributed by atoms with van der Waals surface area (Å²) in [6.45, 7) is 4.51. The third kappa shape index (κ3) is 3.38. The zero-order chi connectivity index (χ0) is 12.0. The Morgan fingerprint density at radius 1 is 1.25 bits per heavy atom. The molecule has 90 valence electrons. The van der Waals surface area contributed by atoms with E-state index in [1.807, 2.05) is 39.1 Å². The Kier molecular flexibility index (Phi) is 4.55. The minimum atomic E-state index is -0.642. The van der Waals surface area contributed by atoms with Gasteiger partial charge in [-0.05, 0) is 25.0 Å². The number of nitrogens with zero attached hydrogens (tertiary/aromatic N) is 1. The van der Waals surface area contributed by atoms with Crippen LogP contribution < -0.4 is 10.6 Å². The van der Waals surface area contributed by atoms with Crippen LogP contribution in [0.5, 0.6) is 0 Å². The molecule has 0 saturated carbocycles. The lowest BCUT2D eigenvalue weighted by Gasteiger charge is -2.25. The lowest BCUT2D eigenvalue weighted by molar-refractivity contribution is 0.0456. The SMILES string of the molecule is CCC(O)(CC)CNc1cccc(NC)n1. The van der Waals surface area contributed by atoms with Crippen LogP contribution >= 0.6 is 0 Å². The quantitative estimate of drug-likeness (QED) is 0.691. The molecule has 1 heterocycles. The highest BCUT2D eigenvalue weighted by atomic mass is 16.3. The van der Waals surface area contributed by atoms with E-state index in [9.17, 15) is 5.11 Å². The Morgan fingerprint density at radius 3 is 2.44 bits per heavy atom. The molecule has 16 heavy (non-hydrogen) atoms. The second-order valence-corrected chi connectivity index (χ2v) is 3.94. The summed E-state index contributed by atoms with van der Waals surface area (Å²) in [6, 6.07) is 5.72. The summed E-state index contributed by atoms with van der Waals surface area (Å²) < 4.78 is 0. The van der Waals surface area contributed by atoms with Gasteiger partial charge in [0.2, 0.25) is 0 Å². The average molecular weight is 223 g/mol. The first-order valence-electron chi connectivity index (χ1n) is 5.74. The van der Waals surface area contributed by atoms with E-state index in [4.69, 9.17) is 0 Å². The maximum absolute atomic E-state index is 10.1. The zero-order valence-electron chi connectivity index (χ0n) is 10.2. The first kappa shape index (κ1) is 12.8. The molecule has 0 aliphatic heterocycles. The van der Waals surface area contributed by atoms with Crippen molar-refractivity contribution in [1.82, 2.24) is 4.98 Å². The van der Waals surface area contributed by atoms with Gasteiger partial charge in [-0.15, -0.1) is 0 Å². The van der Waals surface area contributed by atoms with Crippen molar-refractivity contribution in [2.24, 2.45) is 0 Å². The number of aromatic nitrogens is 1. The van der Waals surface area contributed by atoms with Gasteiger partial charge < -0.3 is 15.7 Å².